The molecule has 3 aromatic carbocycles. The van der Waals surface area contributed by atoms with Gasteiger partial charge in [0.1, 0.15) is 0 Å². The Balaban J connectivity index is 1.51. The van der Waals surface area contributed by atoms with Gasteiger partial charge in [-0.1, -0.05) is 72.0 Å². The second-order valence-corrected chi connectivity index (χ2v) is 11.5. The largest absolute Gasteiger partial charge is 0.463 e. The molecule has 0 saturated heterocycles. The van der Waals surface area contributed by atoms with Gasteiger partial charge in [-0.25, -0.2) is 9.79 Å². The van der Waals surface area contributed by atoms with E-state index in [2.05, 4.69) is 35.0 Å². The maximum atomic E-state index is 14.1. The first-order chi connectivity index (χ1) is 20.4. The third-order valence-corrected chi connectivity index (χ3v) is 8.53. The Kier molecular flexibility index (Phi) is 7.39. The lowest BCUT2D eigenvalue weighted by Gasteiger charge is -2.25. The van der Waals surface area contributed by atoms with Crippen LogP contribution in [0.15, 0.2) is 106 Å². The molecule has 5 aromatic rings. The Hall–Kier alpha value is -4.69. The summed E-state index contributed by atoms with van der Waals surface area (Å²) in [5.74, 6) is -0.460. The molecule has 7 nitrogen and oxygen atoms in total. The fourth-order valence-electron chi connectivity index (χ4n) is 5.50. The minimum Gasteiger partial charge on any atom is -0.463 e. The molecule has 212 valence electrons. The average molecular weight is 577 g/mol. The molecule has 1 atom stereocenters. The van der Waals surface area contributed by atoms with E-state index in [-0.39, 0.29) is 12.2 Å². The summed E-state index contributed by atoms with van der Waals surface area (Å²) in [6.07, 6.45) is 4.05. The predicted octanol–water partition coefficient (Wildman–Crippen LogP) is 4.87. The molecular formula is C34H32N4O3S. The second-order valence-electron chi connectivity index (χ2n) is 10.5. The van der Waals surface area contributed by atoms with Crippen LogP contribution in [0.3, 0.4) is 0 Å². The third-order valence-electron chi connectivity index (χ3n) is 7.54. The molecule has 2 aromatic heterocycles. The Labute approximate surface area is 247 Å². The van der Waals surface area contributed by atoms with E-state index in [9.17, 15) is 9.59 Å². The van der Waals surface area contributed by atoms with Crippen molar-refractivity contribution in [3.63, 3.8) is 0 Å². The summed E-state index contributed by atoms with van der Waals surface area (Å²) >= 11 is 1.34. The Morgan fingerprint density at radius 1 is 1.02 bits per heavy atom. The Bertz CT molecular complexity index is 2000. The number of anilines is 1. The van der Waals surface area contributed by atoms with E-state index in [0.717, 1.165) is 34.3 Å². The molecule has 0 spiro atoms. The van der Waals surface area contributed by atoms with E-state index in [0.29, 0.717) is 20.6 Å². The highest BCUT2D eigenvalue weighted by atomic mass is 32.1. The van der Waals surface area contributed by atoms with E-state index in [1.54, 1.807) is 11.5 Å². The summed E-state index contributed by atoms with van der Waals surface area (Å²) in [6, 6.07) is 25.8. The number of aromatic nitrogens is 2. The van der Waals surface area contributed by atoms with Gasteiger partial charge in [0.25, 0.3) is 5.56 Å². The normalized spacial score (nSPS) is 15.0. The first kappa shape index (κ1) is 27.5. The molecule has 0 fully saturated rings. The van der Waals surface area contributed by atoms with Crippen LogP contribution in [-0.4, -0.2) is 35.8 Å². The summed E-state index contributed by atoms with van der Waals surface area (Å²) < 4.78 is 9.85. The standard InChI is InChI=1S/C34H32N4O3S/c1-5-41-33(40)30-22(2)35-34-38(31(30)24-15-17-26(18-16-24)36(3)4)32(39)29(42-34)19-25-21-37(20-23-11-7-6-8-12-23)28-14-10-9-13-27(25)28/h6-19,21,31H,5,20H2,1-4H3/b29-19-. The van der Waals surface area contributed by atoms with Crippen molar-refractivity contribution in [2.75, 3.05) is 25.6 Å². The first-order valence-electron chi connectivity index (χ1n) is 13.9. The minimum absolute atomic E-state index is 0.186. The number of fused-ring (bicyclic) bond motifs is 2. The predicted molar refractivity (Wildman–Crippen MR) is 169 cm³/mol. The molecule has 0 N–H and O–H groups in total. The number of esters is 1. The number of benzene rings is 3. The number of ether oxygens (including phenoxy) is 1. The van der Waals surface area contributed by atoms with E-state index in [4.69, 9.17) is 9.73 Å². The molecule has 3 heterocycles. The molecule has 0 aliphatic carbocycles. The van der Waals surface area contributed by atoms with Crippen LogP contribution in [0.4, 0.5) is 5.69 Å². The number of nitrogens with zero attached hydrogens (tertiary/aromatic N) is 4. The van der Waals surface area contributed by atoms with Gasteiger partial charge >= 0.3 is 5.97 Å². The molecule has 1 aliphatic rings. The van der Waals surface area contributed by atoms with Gasteiger partial charge in [0.2, 0.25) is 0 Å². The van der Waals surface area contributed by atoms with Gasteiger partial charge in [-0.3, -0.25) is 9.36 Å². The zero-order chi connectivity index (χ0) is 29.4. The topological polar surface area (TPSA) is 68.8 Å². The van der Waals surface area contributed by atoms with Crippen LogP contribution in [0, 0.1) is 0 Å². The summed E-state index contributed by atoms with van der Waals surface area (Å²) in [6.45, 7) is 4.54. The Morgan fingerprint density at radius 2 is 1.74 bits per heavy atom. The van der Waals surface area contributed by atoms with E-state index >= 15 is 0 Å². The van der Waals surface area contributed by atoms with E-state index in [1.165, 1.54) is 16.9 Å². The third kappa shape index (κ3) is 4.99. The summed E-state index contributed by atoms with van der Waals surface area (Å²) in [5, 5.41) is 1.07. The Morgan fingerprint density at radius 3 is 2.45 bits per heavy atom. The molecule has 0 radical (unpaired) electrons. The highest BCUT2D eigenvalue weighted by Gasteiger charge is 2.33. The summed E-state index contributed by atoms with van der Waals surface area (Å²) in [7, 11) is 3.95. The summed E-state index contributed by atoms with van der Waals surface area (Å²) in [5.41, 5.74) is 5.86. The van der Waals surface area contributed by atoms with Gasteiger partial charge in [-0.05, 0) is 49.2 Å². The molecule has 8 heteroatoms. The number of hydrogen-bond donors (Lipinski definition) is 0. The van der Waals surface area contributed by atoms with Crippen LogP contribution in [0.2, 0.25) is 0 Å². The van der Waals surface area contributed by atoms with Gasteiger partial charge in [0.15, 0.2) is 4.80 Å². The minimum atomic E-state index is -0.641. The SMILES string of the molecule is CCOC(=O)C1=C(C)N=c2s/c(=C\c3cn(Cc4ccccc4)c4ccccc34)c(=O)n2C1c1ccc(N(C)C)cc1. The van der Waals surface area contributed by atoms with Crippen LogP contribution in [0.5, 0.6) is 0 Å². The van der Waals surface area contributed by atoms with Crippen molar-refractivity contribution < 1.29 is 9.53 Å². The summed E-state index contributed by atoms with van der Waals surface area (Å²) in [4.78, 5) is 34.6. The van der Waals surface area contributed by atoms with Gasteiger partial charge in [-0.15, -0.1) is 0 Å². The van der Waals surface area contributed by atoms with Crippen LogP contribution in [0.1, 0.15) is 36.6 Å². The number of hydrogen-bond acceptors (Lipinski definition) is 6. The number of rotatable bonds is 7. The smallest absolute Gasteiger partial charge is 0.338 e. The van der Waals surface area contributed by atoms with Crippen molar-refractivity contribution in [3.05, 3.63) is 133 Å². The van der Waals surface area contributed by atoms with Gasteiger partial charge in [-0.2, -0.15) is 0 Å². The van der Waals surface area contributed by atoms with Crippen molar-refractivity contribution in [1.82, 2.24) is 9.13 Å². The molecular weight excluding hydrogens is 544 g/mol. The van der Waals surface area contributed by atoms with E-state index < -0.39 is 12.0 Å². The monoisotopic (exact) mass is 576 g/mol. The lowest BCUT2D eigenvalue weighted by atomic mass is 9.95. The zero-order valence-electron chi connectivity index (χ0n) is 24.1. The number of thiazole rings is 1. The molecule has 42 heavy (non-hydrogen) atoms. The first-order valence-corrected chi connectivity index (χ1v) is 14.8. The van der Waals surface area contributed by atoms with Crippen molar-refractivity contribution in [2.45, 2.75) is 26.4 Å². The van der Waals surface area contributed by atoms with Crippen molar-refractivity contribution in [3.8, 4) is 0 Å². The van der Waals surface area contributed by atoms with E-state index in [1.807, 2.05) is 86.6 Å². The highest BCUT2D eigenvalue weighted by molar-refractivity contribution is 7.07. The molecule has 0 saturated carbocycles. The van der Waals surface area contributed by atoms with Crippen molar-refractivity contribution in [1.29, 1.82) is 0 Å². The van der Waals surface area contributed by atoms with Crippen molar-refractivity contribution >= 4 is 40.0 Å². The quantitative estimate of drug-likeness (QED) is 0.260. The molecule has 0 amide bonds. The maximum absolute atomic E-state index is 14.1. The lowest BCUT2D eigenvalue weighted by Crippen LogP contribution is -2.39. The van der Waals surface area contributed by atoms with Gasteiger partial charge in [0, 0.05) is 49.0 Å². The highest BCUT2D eigenvalue weighted by Crippen LogP contribution is 2.32. The maximum Gasteiger partial charge on any atom is 0.338 e. The lowest BCUT2D eigenvalue weighted by molar-refractivity contribution is -0.139. The van der Waals surface area contributed by atoms with Gasteiger partial charge in [0.05, 0.1) is 28.5 Å². The van der Waals surface area contributed by atoms with Crippen LogP contribution in [-0.2, 0) is 16.1 Å². The van der Waals surface area contributed by atoms with Crippen LogP contribution in [0.25, 0.3) is 17.0 Å². The van der Waals surface area contributed by atoms with Crippen LogP contribution >= 0.6 is 11.3 Å². The fourth-order valence-corrected chi connectivity index (χ4v) is 6.54. The van der Waals surface area contributed by atoms with Crippen LogP contribution < -0.4 is 19.8 Å². The number of carbonyl (C=O) groups excluding carboxylic acids is 1. The molecule has 6 rings (SSSR count). The number of carbonyl (C=O) groups is 1. The van der Waals surface area contributed by atoms with Gasteiger partial charge < -0.3 is 14.2 Å². The molecule has 0 bridgehead atoms. The number of allylic oxidation sites excluding steroid dienone is 1. The number of para-hydroxylation sites is 1. The zero-order valence-corrected chi connectivity index (χ0v) is 24.9. The molecule has 1 aliphatic heterocycles. The fraction of sp³-hybridized carbons (Fsp3) is 0.206. The molecule has 1 unspecified atom stereocenters. The van der Waals surface area contributed by atoms with Crippen molar-refractivity contribution in [2.24, 2.45) is 4.99 Å². The second kappa shape index (κ2) is 11.3. The average Bonchev–Trinajstić information content (AvgIpc) is 3.49.